The van der Waals surface area contributed by atoms with E-state index in [0.29, 0.717) is 41.7 Å². The van der Waals surface area contributed by atoms with E-state index in [-0.39, 0.29) is 18.4 Å². The number of carbonyl (C=O) groups excluding carboxylic acids is 1. The standard InChI is InChI=1S/C21H23N9O2/c22-20(32)14-2-1-13(7-14)8-18-23-11-17-21(26-18)30(28-27-17)19-4-3-15(9-24-19)16-10-25-29(12-16)5-6-31/h3-4,9-14,31H,1-2,5-8H2,(H2,22,32)/t13-,14-/m1/s1. The number of rotatable bonds is 7. The molecule has 1 aliphatic rings. The molecule has 0 unspecified atom stereocenters. The van der Waals surface area contributed by atoms with Crippen molar-refractivity contribution in [1.29, 1.82) is 0 Å². The van der Waals surface area contributed by atoms with E-state index < -0.39 is 0 Å². The van der Waals surface area contributed by atoms with Crippen molar-refractivity contribution in [3.05, 3.63) is 42.7 Å². The average Bonchev–Trinajstić information content (AvgIpc) is 3.54. The van der Waals surface area contributed by atoms with Crippen molar-refractivity contribution in [2.45, 2.75) is 32.2 Å². The minimum atomic E-state index is -0.221. The summed E-state index contributed by atoms with van der Waals surface area (Å²) in [5.74, 6) is 1.37. The highest BCUT2D eigenvalue weighted by Crippen LogP contribution is 2.32. The second-order valence-corrected chi connectivity index (χ2v) is 8.10. The third-order valence-corrected chi connectivity index (χ3v) is 5.92. The van der Waals surface area contributed by atoms with Crippen LogP contribution in [0.25, 0.3) is 28.1 Å². The van der Waals surface area contributed by atoms with Gasteiger partial charge in [-0.3, -0.25) is 9.48 Å². The number of amides is 1. The number of nitrogens with zero attached hydrogens (tertiary/aromatic N) is 8. The number of aliphatic hydroxyl groups excluding tert-OH is 1. The third-order valence-electron chi connectivity index (χ3n) is 5.92. The summed E-state index contributed by atoms with van der Waals surface area (Å²) in [6.45, 7) is 0.483. The van der Waals surface area contributed by atoms with E-state index in [1.165, 1.54) is 0 Å². The van der Waals surface area contributed by atoms with Gasteiger partial charge in [0.05, 0.1) is 25.5 Å². The Morgan fingerprint density at radius 1 is 1.16 bits per heavy atom. The lowest BCUT2D eigenvalue weighted by Crippen LogP contribution is -2.21. The van der Waals surface area contributed by atoms with Crippen LogP contribution in [0, 0.1) is 11.8 Å². The van der Waals surface area contributed by atoms with E-state index in [0.717, 1.165) is 30.4 Å². The molecule has 164 valence electrons. The topological polar surface area (TPSA) is 151 Å². The normalized spacial score (nSPS) is 18.4. The third kappa shape index (κ3) is 3.94. The number of aromatic nitrogens is 8. The molecule has 5 rings (SSSR count). The van der Waals surface area contributed by atoms with Gasteiger partial charge in [-0.2, -0.15) is 9.78 Å². The van der Waals surface area contributed by atoms with Crippen LogP contribution in [0.1, 0.15) is 25.1 Å². The fourth-order valence-corrected chi connectivity index (χ4v) is 4.21. The average molecular weight is 433 g/mol. The fraction of sp³-hybridized carbons (Fsp3) is 0.381. The van der Waals surface area contributed by atoms with Crippen LogP contribution in [-0.4, -0.2) is 57.3 Å². The van der Waals surface area contributed by atoms with Crippen molar-refractivity contribution >= 4 is 17.1 Å². The Morgan fingerprint density at radius 3 is 2.81 bits per heavy atom. The van der Waals surface area contributed by atoms with Crippen molar-refractivity contribution in [3.8, 4) is 16.9 Å². The maximum absolute atomic E-state index is 11.4. The van der Waals surface area contributed by atoms with Crippen LogP contribution in [0.2, 0.25) is 0 Å². The number of hydrogen-bond acceptors (Lipinski definition) is 8. The van der Waals surface area contributed by atoms with Crippen LogP contribution >= 0.6 is 0 Å². The zero-order valence-electron chi connectivity index (χ0n) is 17.4. The first-order valence-corrected chi connectivity index (χ1v) is 10.6. The van der Waals surface area contributed by atoms with Gasteiger partial charge in [0, 0.05) is 35.9 Å². The second-order valence-electron chi connectivity index (χ2n) is 8.10. The molecule has 3 N–H and O–H groups in total. The lowest BCUT2D eigenvalue weighted by Gasteiger charge is -2.08. The monoisotopic (exact) mass is 433 g/mol. The van der Waals surface area contributed by atoms with E-state index in [2.05, 4.69) is 30.4 Å². The lowest BCUT2D eigenvalue weighted by atomic mass is 10.0. The summed E-state index contributed by atoms with van der Waals surface area (Å²) in [5, 5.41) is 21.6. The van der Waals surface area contributed by atoms with Gasteiger partial charge in [0.1, 0.15) is 5.82 Å². The summed E-state index contributed by atoms with van der Waals surface area (Å²) in [5.41, 5.74) is 8.45. The van der Waals surface area contributed by atoms with Gasteiger partial charge in [0.15, 0.2) is 17.0 Å². The predicted octanol–water partition coefficient (Wildman–Crippen LogP) is 0.905. The van der Waals surface area contributed by atoms with E-state index in [1.54, 1.807) is 28.0 Å². The van der Waals surface area contributed by atoms with Gasteiger partial charge < -0.3 is 10.8 Å². The number of carbonyl (C=O) groups is 1. The molecule has 4 aromatic rings. The molecule has 2 atom stereocenters. The molecule has 1 fully saturated rings. The predicted molar refractivity (Wildman–Crippen MR) is 114 cm³/mol. The minimum Gasteiger partial charge on any atom is -0.394 e. The van der Waals surface area contributed by atoms with Gasteiger partial charge >= 0.3 is 0 Å². The largest absolute Gasteiger partial charge is 0.394 e. The van der Waals surface area contributed by atoms with Gasteiger partial charge in [-0.05, 0) is 37.3 Å². The molecule has 1 amide bonds. The van der Waals surface area contributed by atoms with Crippen LogP contribution in [0.5, 0.6) is 0 Å². The summed E-state index contributed by atoms with van der Waals surface area (Å²) in [4.78, 5) is 25.1. The molecule has 0 aliphatic heterocycles. The first-order chi connectivity index (χ1) is 15.6. The van der Waals surface area contributed by atoms with Gasteiger partial charge in [-0.25, -0.2) is 15.0 Å². The van der Waals surface area contributed by atoms with Crippen LogP contribution in [-0.2, 0) is 17.8 Å². The summed E-state index contributed by atoms with van der Waals surface area (Å²) in [6.07, 6.45) is 10.3. The number of aliphatic hydroxyl groups is 1. The van der Waals surface area contributed by atoms with Crippen LogP contribution in [0.15, 0.2) is 36.9 Å². The Balaban J connectivity index is 1.37. The SMILES string of the molecule is NC(=O)[C@@H]1CC[C@@H](Cc2ncc3nnn(-c4ccc(-c5cnn(CCO)c5)cn4)c3n2)C1. The molecule has 11 heteroatoms. The second kappa shape index (κ2) is 8.42. The Kier molecular flexibility index (Phi) is 5.31. The molecule has 0 spiro atoms. The molecule has 4 heterocycles. The molecule has 1 saturated carbocycles. The zero-order chi connectivity index (χ0) is 22.1. The molecule has 0 saturated heterocycles. The highest BCUT2D eigenvalue weighted by molar-refractivity contribution is 5.77. The molecule has 11 nitrogen and oxygen atoms in total. The first-order valence-electron chi connectivity index (χ1n) is 10.6. The number of hydrogen-bond donors (Lipinski definition) is 2. The number of pyridine rings is 1. The van der Waals surface area contributed by atoms with E-state index in [1.807, 2.05) is 18.3 Å². The molecular weight excluding hydrogens is 410 g/mol. The lowest BCUT2D eigenvalue weighted by molar-refractivity contribution is -0.121. The molecule has 32 heavy (non-hydrogen) atoms. The fourth-order valence-electron chi connectivity index (χ4n) is 4.21. The summed E-state index contributed by atoms with van der Waals surface area (Å²) >= 11 is 0. The first kappa shape index (κ1) is 20.2. The summed E-state index contributed by atoms with van der Waals surface area (Å²) in [6, 6.07) is 3.78. The van der Waals surface area contributed by atoms with Crippen molar-refractivity contribution in [3.63, 3.8) is 0 Å². The van der Waals surface area contributed by atoms with E-state index >= 15 is 0 Å². The van der Waals surface area contributed by atoms with Crippen LogP contribution in [0.3, 0.4) is 0 Å². The maximum Gasteiger partial charge on any atom is 0.220 e. The van der Waals surface area contributed by atoms with Crippen LogP contribution < -0.4 is 5.73 Å². The Hall–Kier alpha value is -3.73. The number of fused-ring (bicyclic) bond motifs is 1. The van der Waals surface area contributed by atoms with Gasteiger partial charge in [0.25, 0.3) is 0 Å². The zero-order valence-corrected chi connectivity index (χ0v) is 17.4. The molecule has 0 radical (unpaired) electrons. The highest BCUT2D eigenvalue weighted by atomic mass is 16.3. The Morgan fingerprint density at radius 2 is 2.06 bits per heavy atom. The molecule has 4 aromatic heterocycles. The molecule has 0 bridgehead atoms. The number of nitrogens with two attached hydrogens (primary N) is 1. The molecule has 1 aliphatic carbocycles. The number of primary amides is 1. The van der Waals surface area contributed by atoms with Crippen molar-refractivity contribution in [2.75, 3.05) is 6.61 Å². The van der Waals surface area contributed by atoms with Crippen molar-refractivity contribution in [2.24, 2.45) is 17.6 Å². The minimum absolute atomic E-state index is 0.0357. The smallest absolute Gasteiger partial charge is 0.220 e. The molecular formula is C21H23N9O2. The quantitative estimate of drug-likeness (QED) is 0.436. The maximum atomic E-state index is 11.4. The summed E-state index contributed by atoms with van der Waals surface area (Å²) in [7, 11) is 0. The van der Waals surface area contributed by atoms with Crippen molar-refractivity contribution < 1.29 is 9.90 Å². The van der Waals surface area contributed by atoms with Crippen LogP contribution in [0.4, 0.5) is 0 Å². The van der Waals surface area contributed by atoms with Gasteiger partial charge in [-0.1, -0.05) is 5.21 Å². The highest BCUT2D eigenvalue weighted by Gasteiger charge is 2.29. The molecule has 0 aromatic carbocycles. The van der Waals surface area contributed by atoms with E-state index in [4.69, 9.17) is 10.8 Å². The van der Waals surface area contributed by atoms with Gasteiger partial charge in [-0.15, -0.1) is 5.10 Å². The van der Waals surface area contributed by atoms with Crippen molar-refractivity contribution in [1.82, 2.24) is 39.7 Å². The van der Waals surface area contributed by atoms with Gasteiger partial charge in [0.2, 0.25) is 5.91 Å². The Labute approximate surface area is 183 Å². The summed E-state index contributed by atoms with van der Waals surface area (Å²) < 4.78 is 3.28. The Bertz CT molecular complexity index is 1250. The van der Waals surface area contributed by atoms with E-state index in [9.17, 15) is 4.79 Å².